The summed E-state index contributed by atoms with van der Waals surface area (Å²) in [5.74, 6) is -1.59. The highest BCUT2D eigenvalue weighted by Gasteiger charge is 2.33. The Balaban J connectivity index is 1.60. The molecule has 3 rings (SSSR count). The van der Waals surface area contributed by atoms with E-state index in [1.54, 1.807) is 12.1 Å². The van der Waals surface area contributed by atoms with Gasteiger partial charge in [-0.3, -0.25) is 14.4 Å². The Morgan fingerprint density at radius 1 is 0.968 bits per heavy atom. The van der Waals surface area contributed by atoms with Crippen molar-refractivity contribution in [1.29, 1.82) is 0 Å². The first-order chi connectivity index (χ1) is 14.7. The second kappa shape index (κ2) is 9.20. The number of likely N-dealkylation sites (N-methyl/N-ethyl adjacent to an activating group) is 1. The molecule has 0 spiro atoms. The lowest BCUT2D eigenvalue weighted by Crippen LogP contribution is -2.53. The van der Waals surface area contributed by atoms with Crippen molar-refractivity contribution in [2.45, 2.75) is 26.2 Å². The molecule has 0 aromatic heterocycles. The van der Waals surface area contributed by atoms with Crippen molar-refractivity contribution in [3.63, 3.8) is 0 Å². The maximum atomic E-state index is 13.1. The topological polar surface area (TPSA) is 69.7 Å². The van der Waals surface area contributed by atoms with Crippen molar-refractivity contribution in [2.75, 3.05) is 19.6 Å². The molecule has 9 heteroatoms. The number of hydrogen-bond acceptors (Lipinski definition) is 3. The predicted octanol–water partition coefficient (Wildman–Crippen LogP) is 2.83. The zero-order valence-corrected chi connectivity index (χ0v) is 16.9. The Hall–Kier alpha value is -3.36. The molecular formula is C22H22F3N3O3. The first-order valence-corrected chi connectivity index (χ1v) is 9.81. The molecule has 2 aromatic rings. The summed E-state index contributed by atoms with van der Waals surface area (Å²) in [6.45, 7) is 3.18. The third-order valence-electron chi connectivity index (χ3n) is 5.13. The Labute approximate surface area is 177 Å². The molecule has 0 radical (unpaired) electrons. The van der Waals surface area contributed by atoms with Crippen molar-refractivity contribution in [3.8, 4) is 0 Å². The minimum atomic E-state index is -4.50. The van der Waals surface area contributed by atoms with Crippen LogP contribution in [0.3, 0.4) is 0 Å². The number of amides is 3. The molecule has 164 valence electrons. The Kier molecular flexibility index (Phi) is 6.62. The number of nitrogens with one attached hydrogen (secondary N) is 1. The van der Waals surface area contributed by atoms with Crippen LogP contribution in [0.15, 0.2) is 48.5 Å². The summed E-state index contributed by atoms with van der Waals surface area (Å²) in [5.41, 5.74) is 0.221. The van der Waals surface area contributed by atoms with Crippen molar-refractivity contribution in [1.82, 2.24) is 15.1 Å². The molecule has 1 heterocycles. The van der Waals surface area contributed by atoms with E-state index in [1.807, 2.05) is 6.92 Å². The van der Waals surface area contributed by atoms with Crippen molar-refractivity contribution in [3.05, 3.63) is 70.8 Å². The largest absolute Gasteiger partial charge is 0.416 e. The average molecular weight is 433 g/mol. The molecule has 2 aromatic carbocycles. The first-order valence-electron chi connectivity index (χ1n) is 9.81. The normalized spacial score (nSPS) is 14.7. The minimum absolute atomic E-state index is 0.0191. The number of hydrogen-bond donors (Lipinski definition) is 1. The van der Waals surface area contributed by atoms with Crippen molar-refractivity contribution in [2.24, 2.45) is 0 Å². The monoisotopic (exact) mass is 433 g/mol. The van der Waals surface area contributed by atoms with Crippen LogP contribution in [-0.2, 0) is 28.9 Å². The highest BCUT2D eigenvalue weighted by Crippen LogP contribution is 2.31. The van der Waals surface area contributed by atoms with Gasteiger partial charge in [0.1, 0.15) is 0 Å². The van der Waals surface area contributed by atoms with E-state index in [0.717, 1.165) is 11.6 Å². The van der Waals surface area contributed by atoms with E-state index < -0.39 is 29.5 Å². The number of rotatable bonds is 6. The summed E-state index contributed by atoms with van der Waals surface area (Å²) >= 11 is 0. The lowest BCUT2D eigenvalue weighted by Gasteiger charge is -2.33. The molecule has 0 atom stereocenters. The van der Waals surface area contributed by atoms with Gasteiger partial charge in [-0.05, 0) is 36.2 Å². The van der Waals surface area contributed by atoms with Crippen LogP contribution in [0.2, 0.25) is 0 Å². The fourth-order valence-corrected chi connectivity index (χ4v) is 3.38. The van der Waals surface area contributed by atoms with Gasteiger partial charge in [-0.1, -0.05) is 30.3 Å². The Bertz CT molecular complexity index is 974. The maximum Gasteiger partial charge on any atom is 0.416 e. The van der Waals surface area contributed by atoms with Gasteiger partial charge in [-0.2, -0.15) is 13.2 Å². The molecule has 6 nitrogen and oxygen atoms in total. The summed E-state index contributed by atoms with van der Waals surface area (Å²) in [5, 5.41) is 2.50. The van der Waals surface area contributed by atoms with E-state index in [1.165, 1.54) is 40.1 Å². The second-order valence-corrected chi connectivity index (χ2v) is 7.15. The molecule has 1 N–H and O–H groups in total. The van der Waals surface area contributed by atoms with E-state index in [9.17, 15) is 27.6 Å². The van der Waals surface area contributed by atoms with Crippen LogP contribution in [0, 0.1) is 0 Å². The third-order valence-corrected chi connectivity index (χ3v) is 5.13. The molecule has 1 aliphatic heterocycles. The zero-order chi connectivity index (χ0) is 22.6. The average Bonchev–Trinajstić information content (AvgIpc) is 2.75. The molecular weight excluding hydrogens is 411 g/mol. The SMILES string of the molecule is CCN1CCN(Cc2ccc(C(=O)NCc3ccccc3C(F)(F)F)cc2)C(=O)C1=O. The summed E-state index contributed by atoms with van der Waals surface area (Å²) in [7, 11) is 0. The van der Waals surface area contributed by atoms with Gasteiger partial charge < -0.3 is 15.1 Å². The van der Waals surface area contributed by atoms with Gasteiger partial charge in [0.05, 0.1) is 5.56 Å². The zero-order valence-electron chi connectivity index (χ0n) is 16.9. The van der Waals surface area contributed by atoms with Crippen LogP contribution in [0.1, 0.15) is 34.0 Å². The van der Waals surface area contributed by atoms with Crippen LogP contribution >= 0.6 is 0 Å². The van der Waals surface area contributed by atoms with E-state index >= 15 is 0 Å². The van der Waals surface area contributed by atoms with Crippen LogP contribution in [-0.4, -0.2) is 47.2 Å². The second-order valence-electron chi connectivity index (χ2n) is 7.15. The quantitative estimate of drug-likeness (QED) is 0.713. The first kappa shape index (κ1) is 22.3. The number of alkyl halides is 3. The van der Waals surface area contributed by atoms with Crippen molar-refractivity contribution >= 4 is 17.7 Å². The van der Waals surface area contributed by atoms with Crippen LogP contribution in [0.25, 0.3) is 0 Å². The summed E-state index contributed by atoms with van der Waals surface area (Å²) in [6.07, 6.45) is -4.50. The molecule has 0 bridgehead atoms. The van der Waals surface area contributed by atoms with Crippen LogP contribution in [0.5, 0.6) is 0 Å². The van der Waals surface area contributed by atoms with Crippen LogP contribution < -0.4 is 5.32 Å². The fraction of sp³-hybridized carbons (Fsp3) is 0.318. The van der Waals surface area contributed by atoms with Gasteiger partial charge in [0, 0.05) is 38.3 Å². The van der Waals surface area contributed by atoms with Crippen LogP contribution in [0.4, 0.5) is 13.2 Å². The molecule has 0 aliphatic carbocycles. The van der Waals surface area contributed by atoms with Gasteiger partial charge in [0.2, 0.25) is 0 Å². The number of halogens is 3. The molecule has 31 heavy (non-hydrogen) atoms. The van der Waals surface area contributed by atoms with Gasteiger partial charge in [-0.15, -0.1) is 0 Å². The van der Waals surface area contributed by atoms with Gasteiger partial charge in [0.15, 0.2) is 0 Å². The van der Waals surface area contributed by atoms with Gasteiger partial charge in [0.25, 0.3) is 5.91 Å². The summed E-state index contributed by atoms with van der Waals surface area (Å²) < 4.78 is 39.2. The lowest BCUT2D eigenvalue weighted by molar-refractivity contribution is -0.156. The Morgan fingerprint density at radius 2 is 1.58 bits per heavy atom. The highest BCUT2D eigenvalue weighted by molar-refractivity contribution is 6.35. The number of nitrogens with zero attached hydrogens (tertiary/aromatic N) is 2. The molecule has 0 saturated carbocycles. The predicted molar refractivity (Wildman–Crippen MR) is 107 cm³/mol. The van der Waals surface area contributed by atoms with Crippen molar-refractivity contribution < 1.29 is 27.6 Å². The maximum absolute atomic E-state index is 13.1. The summed E-state index contributed by atoms with van der Waals surface area (Å²) in [4.78, 5) is 39.5. The molecule has 3 amide bonds. The third kappa shape index (κ3) is 5.22. The van der Waals surface area contributed by atoms with E-state index in [2.05, 4.69) is 5.32 Å². The molecule has 0 unspecified atom stereocenters. The number of piperazine rings is 1. The number of carbonyl (C=O) groups excluding carboxylic acids is 3. The summed E-state index contributed by atoms with van der Waals surface area (Å²) in [6, 6.07) is 11.5. The standard InChI is InChI=1S/C22H22F3N3O3/c1-2-27-11-12-28(21(31)20(27)30)14-15-7-9-16(10-8-15)19(29)26-13-17-5-3-4-6-18(17)22(23,24)25/h3-10H,2,11-14H2,1H3,(H,26,29). The minimum Gasteiger partial charge on any atom is -0.348 e. The molecule has 1 saturated heterocycles. The van der Waals surface area contributed by atoms with E-state index in [4.69, 9.17) is 0 Å². The van der Waals surface area contributed by atoms with Gasteiger partial charge in [-0.25, -0.2) is 0 Å². The molecule has 1 fully saturated rings. The number of benzene rings is 2. The lowest BCUT2D eigenvalue weighted by atomic mass is 10.1. The highest BCUT2D eigenvalue weighted by atomic mass is 19.4. The fourth-order valence-electron chi connectivity index (χ4n) is 3.38. The number of carbonyl (C=O) groups is 3. The Morgan fingerprint density at radius 3 is 2.23 bits per heavy atom. The smallest absolute Gasteiger partial charge is 0.348 e. The van der Waals surface area contributed by atoms with E-state index in [0.29, 0.717) is 19.6 Å². The van der Waals surface area contributed by atoms with E-state index in [-0.39, 0.29) is 24.2 Å². The molecule has 1 aliphatic rings. The van der Waals surface area contributed by atoms with Gasteiger partial charge >= 0.3 is 18.0 Å².